The van der Waals surface area contributed by atoms with Crippen LogP contribution in [0, 0.1) is 0 Å². The van der Waals surface area contributed by atoms with Crippen LogP contribution in [-0.2, 0) is 13.6 Å². The van der Waals surface area contributed by atoms with Crippen LogP contribution < -0.4 is 5.32 Å². The Balaban J connectivity index is 1.31. The second-order valence-corrected chi connectivity index (χ2v) is 9.75. The van der Waals surface area contributed by atoms with E-state index in [-0.39, 0.29) is 5.91 Å². The molecule has 0 radical (unpaired) electrons. The van der Waals surface area contributed by atoms with Gasteiger partial charge in [0, 0.05) is 46.4 Å². The molecule has 2 aliphatic carbocycles. The van der Waals surface area contributed by atoms with Crippen LogP contribution in [0.15, 0.2) is 36.7 Å². The van der Waals surface area contributed by atoms with Gasteiger partial charge < -0.3 is 5.32 Å². The minimum absolute atomic E-state index is 0.172. The molecule has 4 aromatic rings. The van der Waals surface area contributed by atoms with Gasteiger partial charge in [0.2, 0.25) is 0 Å². The van der Waals surface area contributed by atoms with Crippen LogP contribution in [-0.4, -0.2) is 30.5 Å². The van der Waals surface area contributed by atoms with Crippen LogP contribution >= 0.6 is 23.2 Å². The van der Waals surface area contributed by atoms with Gasteiger partial charge in [-0.05, 0) is 43.9 Å². The molecule has 6 rings (SSSR count). The third kappa shape index (κ3) is 3.89. The lowest BCUT2D eigenvalue weighted by molar-refractivity contribution is 0.102. The number of aromatic nitrogens is 5. The number of anilines is 1. The zero-order valence-corrected chi connectivity index (χ0v) is 19.6. The van der Waals surface area contributed by atoms with E-state index in [0.29, 0.717) is 39.7 Å². The van der Waals surface area contributed by atoms with Gasteiger partial charge in [0.15, 0.2) is 5.65 Å². The van der Waals surface area contributed by atoms with Gasteiger partial charge in [-0.1, -0.05) is 29.3 Å². The van der Waals surface area contributed by atoms with Gasteiger partial charge in [-0.2, -0.15) is 10.2 Å². The molecule has 168 valence electrons. The zero-order chi connectivity index (χ0) is 22.7. The summed E-state index contributed by atoms with van der Waals surface area (Å²) >= 11 is 12.6. The monoisotopic (exact) mass is 480 g/mol. The van der Waals surface area contributed by atoms with Gasteiger partial charge in [-0.25, -0.2) is 4.98 Å². The number of nitrogens with one attached hydrogen (secondary N) is 1. The molecule has 0 spiro atoms. The van der Waals surface area contributed by atoms with E-state index in [2.05, 4.69) is 10.4 Å². The van der Waals surface area contributed by atoms with Gasteiger partial charge in [0.1, 0.15) is 0 Å². The number of carbonyl (C=O) groups excluding carboxylic acids is 1. The van der Waals surface area contributed by atoms with E-state index in [9.17, 15) is 4.79 Å². The molecule has 0 bridgehead atoms. The van der Waals surface area contributed by atoms with Crippen molar-refractivity contribution in [3.8, 4) is 0 Å². The Hall–Kier alpha value is -2.90. The number of rotatable bonds is 6. The fourth-order valence-corrected chi connectivity index (χ4v) is 4.78. The van der Waals surface area contributed by atoms with Crippen molar-refractivity contribution in [1.82, 2.24) is 24.5 Å². The molecule has 1 N–H and O–H groups in total. The van der Waals surface area contributed by atoms with E-state index in [1.54, 1.807) is 29.2 Å². The predicted octanol–water partition coefficient (Wildman–Crippen LogP) is 5.53. The van der Waals surface area contributed by atoms with Gasteiger partial charge in [0.05, 0.1) is 35.1 Å². The van der Waals surface area contributed by atoms with Crippen LogP contribution in [0.2, 0.25) is 10.0 Å². The first-order valence-corrected chi connectivity index (χ1v) is 11.9. The highest BCUT2D eigenvalue weighted by atomic mass is 35.5. The standard InChI is InChI=1S/C24H22Cl2N6O/c1-31-23-21(22(30-31)14-7-8-14)16(9-20(29-23)13-5-6-13)24(33)28-15-10-27-32(11-15)12-17-18(25)3-2-4-19(17)26/h2-4,9-11,13-14H,5-8,12H2,1H3,(H,28,33). The van der Waals surface area contributed by atoms with E-state index in [1.165, 1.54) is 0 Å². The van der Waals surface area contributed by atoms with Crippen LogP contribution in [0.4, 0.5) is 5.69 Å². The van der Waals surface area contributed by atoms with E-state index in [0.717, 1.165) is 53.7 Å². The average Bonchev–Trinajstić information content (AvgIpc) is 3.72. The summed E-state index contributed by atoms with van der Waals surface area (Å²) in [6, 6.07) is 7.36. The maximum absolute atomic E-state index is 13.4. The predicted molar refractivity (Wildman–Crippen MR) is 128 cm³/mol. The number of benzene rings is 1. The van der Waals surface area contributed by atoms with E-state index in [4.69, 9.17) is 33.3 Å². The molecule has 7 nitrogen and oxygen atoms in total. The fraction of sp³-hybridized carbons (Fsp3) is 0.333. The number of pyridine rings is 1. The summed E-state index contributed by atoms with van der Waals surface area (Å²) in [5.41, 5.74) is 4.78. The second kappa shape index (κ2) is 7.85. The normalized spacial score (nSPS) is 15.8. The molecular formula is C24H22Cl2N6O. The minimum atomic E-state index is -0.172. The van der Waals surface area contributed by atoms with Crippen LogP contribution in [0.25, 0.3) is 11.0 Å². The van der Waals surface area contributed by atoms with Crippen LogP contribution in [0.1, 0.15) is 64.8 Å². The number of nitrogens with zero attached hydrogens (tertiary/aromatic N) is 5. The SMILES string of the molecule is Cn1nc(C2CC2)c2c(C(=O)Nc3cnn(Cc4c(Cl)cccc4Cl)c3)cc(C3CC3)nc21. The molecule has 2 saturated carbocycles. The van der Waals surface area contributed by atoms with Crippen LogP contribution in [0.5, 0.6) is 0 Å². The van der Waals surface area contributed by atoms with Gasteiger partial charge >= 0.3 is 0 Å². The molecule has 0 saturated heterocycles. The Morgan fingerprint density at radius 1 is 1.15 bits per heavy atom. The number of halogens is 2. The summed E-state index contributed by atoms with van der Waals surface area (Å²) in [6.07, 6.45) is 7.86. The molecule has 0 unspecified atom stereocenters. The van der Waals surface area contributed by atoms with Crippen molar-refractivity contribution >= 4 is 45.8 Å². The fourth-order valence-electron chi connectivity index (χ4n) is 4.26. The van der Waals surface area contributed by atoms with Crippen molar-refractivity contribution in [3.63, 3.8) is 0 Å². The lowest BCUT2D eigenvalue weighted by Crippen LogP contribution is -2.13. The molecule has 2 aliphatic rings. The summed E-state index contributed by atoms with van der Waals surface area (Å²) in [5, 5.41) is 14.2. The Bertz CT molecular complexity index is 1380. The van der Waals surface area contributed by atoms with Crippen molar-refractivity contribution in [2.45, 2.75) is 44.1 Å². The molecule has 1 aromatic carbocycles. The minimum Gasteiger partial charge on any atom is -0.319 e. The maximum Gasteiger partial charge on any atom is 0.256 e. The largest absolute Gasteiger partial charge is 0.319 e. The average molecular weight is 481 g/mol. The van der Waals surface area contributed by atoms with Crippen molar-refractivity contribution < 1.29 is 4.79 Å². The first-order valence-electron chi connectivity index (χ1n) is 11.1. The molecule has 0 aliphatic heterocycles. The number of aryl methyl sites for hydroxylation is 1. The Morgan fingerprint density at radius 2 is 1.88 bits per heavy atom. The number of carbonyl (C=O) groups is 1. The summed E-state index contributed by atoms with van der Waals surface area (Å²) < 4.78 is 3.52. The molecule has 2 fully saturated rings. The highest BCUT2D eigenvalue weighted by molar-refractivity contribution is 6.36. The smallest absolute Gasteiger partial charge is 0.256 e. The van der Waals surface area contributed by atoms with E-state index < -0.39 is 0 Å². The summed E-state index contributed by atoms with van der Waals surface area (Å²) in [4.78, 5) is 18.3. The lowest BCUT2D eigenvalue weighted by Gasteiger charge is -2.09. The maximum atomic E-state index is 13.4. The van der Waals surface area contributed by atoms with Gasteiger partial charge in [-0.3, -0.25) is 14.2 Å². The highest BCUT2D eigenvalue weighted by Gasteiger charge is 2.33. The lowest BCUT2D eigenvalue weighted by atomic mass is 10.0. The molecular weight excluding hydrogens is 459 g/mol. The first-order chi connectivity index (χ1) is 16.0. The Kier molecular flexibility index (Phi) is 4.92. The highest BCUT2D eigenvalue weighted by Crippen LogP contribution is 2.45. The quantitative estimate of drug-likeness (QED) is 0.393. The van der Waals surface area contributed by atoms with Crippen molar-refractivity contribution in [2.24, 2.45) is 7.05 Å². The Labute approximate surface area is 200 Å². The summed E-state index contributed by atoms with van der Waals surface area (Å²) in [6.45, 7) is 0.411. The summed E-state index contributed by atoms with van der Waals surface area (Å²) in [7, 11) is 1.91. The number of hydrogen-bond acceptors (Lipinski definition) is 4. The van der Waals surface area contributed by atoms with Gasteiger partial charge in [0.25, 0.3) is 5.91 Å². The molecule has 3 aromatic heterocycles. The number of fused-ring (bicyclic) bond motifs is 1. The third-order valence-electron chi connectivity index (χ3n) is 6.32. The summed E-state index contributed by atoms with van der Waals surface area (Å²) in [5.74, 6) is 0.676. The third-order valence-corrected chi connectivity index (χ3v) is 7.03. The number of hydrogen-bond donors (Lipinski definition) is 1. The first kappa shape index (κ1) is 20.7. The molecule has 0 atom stereocenters. The topological polar surface area (TPSA) is 77.6 Å². The van der Waals surface area contributed by atoms with Gasteiger partial charge in [-0.15, -0.1) is 0 Å². The van der Waals surface area contributed by atoms with Crippen molar-refractivity contribution in [1.29, 1.82) is 0 Å². The Morgan fingerprint density at radius 3 is 2.58 bits per heavy atom. The molecule has 1 amide bonds. The van der Waals surface area contributed by atoms with E-state index >= 15 is 0 Å². The zero-order valence-electron chi connectivity index (χ0n) is 18.1. The van der Waals surface area contributed by atoms with Crippen LogP contribution in [0.3, 0.4) is 0 Å². The molecule has 33 heavy (non-hydrogen) atoms. The molecule has 3 heterocycles. The van der Waals surface area contributed by atoms with Crippen molar-refractivity contribution in [3.05, 3.63) is 69.2 Å². The number of amides is 1. The second-order valence-electron chi connectivity index (χ2n) is 8.93. The van der Waals surface area contributed by atoms with Crippen molar-refractivity contribution in [2.75, 3.05) is 5.32 Å². The van der Waals surface area contributed by atoms with E-state index in [1.807, 2.05) is 23.9 Å². The molecule has 9 heteroatoms.